The molecule has 1 amide bonds. The van der Waals surface area contributed by atoms with Gasteiger partial charge in [0.2, 0.25) is 5.91 Å². The Morgan fingerprint density at radius 3 is 2.96 bits per heavy atom. The maximum Gasteiger partial charge on any atom is 0.228 e. The normalized spacial score (nSPS) is 19.8. The van der Waals surface area contributed by atoms with Gasteiger partial charge in [0.25, 0.3) is 0 Å². The summed E-state index contributed by atoms with van der Waals surface area (Å²) < 4.78 is 11.1. The lowest BCUT2D eigenvalue weighted by molar-refractivity contribution is -0.136. The summed E-state index contributed by atoms with van der Waals surface area (Å²) >= 11 is 0. The van der Waals surface area contributed by atoms with Gasteiger partial charge in [0, 0.05) is 36.7 Å². The maximum atomic E-state index is 12.7. The summed E-state index contributed by atoms with van der Waals surface area (Å²) in [4.78, 5) is 18.6. The Balaban J connectivity index is 1.65. The van der Waals surface area contributed by atoms with Crippen LogP contribution >= 0.6 is 0 Å². The molecular formula is C19H20N2O4. The van der Waals surface area contributed by atoms with Crippen molar-refractivity contribution in [3.05, 3.63) is 42.2 Å². The molecule has 2 aliphatic rings. The largest absolute Gasteiger partial charge is 0.504 e. The maximum absolute atomic E-state index is 12.7. The zero-order valence-corrected chi connectivity index (χ0v) is 13.9. The van der Waals surface area contributed by atoms with Crippen molar-refractivity contribution >= 4 is 5.91 Å². The predicted octanol–water partition coefficient (Wildman–Crippen LogP) is 2.21. The zero-order valence-electron chi connectivity index (χ0n) is 13.9. The van der Waals surface area contributed by atoms with Gasteiger partial charge in [-0.3, -0.25) is 9.78 Å². The summed E-state index contributed by atoms with van der Waals surface area (Å²) in [5, 5.41) is 10.4. The van der Waals surface area contributed by atoms with Crippen LogP contribution in [-0.2, 0) is 16.1 Å². The van der Waals surface area contributed by atoms with Gasteiger partial charge in [0.15, 0.2) is 11.5 Å². The zero-order chi connectivity index (χ0) is 17.2. The molecule has 6 nitrogen and oxygen atoms in total. The van der Waals surface area contributed by atoms with Crippen molar-refractivity contribution in [3.8, 4) is 22.6 Å². The van der Waals surface area contributed by atoms with Crippen LogP contribution in [0.15, 0.2) is 36.7 Å². The van der Waals surface area contributed by atoms with Crippen LogP contribution in [0.2, 0.25) is 0 Å². The average molecular weight is 340 g/mol. The van der Waals surface area contributed by atoms with Crippen LogP contribution in [0.1, 0.15) is 12.0 Å². The number of phenolic OH excluding ortho intramolecular Hbond substituents is 1. The van der Waals surface area contributed by atoms with Crippen molar-refractivity contribution in [1.29, 1.82) is 0 Å². The van der Waals surface area contributed by atoms with E-state index >= 15 is 0 Å². The van der Waals surface area contributed by atoms with E-state index in [4.69, 9.17) is 9.47 Å². The third kappa shape index (κ3) is 3.17. The molecule has 1 aromatic heterocycles. The molecule has 1 fully saturated rings. The molecule has 1 atom stereocenters. The van der Waals surface area contributed by atoms with E-state index in [1.807, 2.05) is 18.2 Å². The average Bonchev–Trinajstić information content (AvgIpc) is 3.08. The Kier molecular flexibility index (Phi) is 4.28. The highest BCUT2D eigenvalue weighted by atomic mass is 16.5. The minimum atomic E-state index is -0.0725. The van der Waals surface area contributed by atoms with Crippen molar-refractivity contribution in [1.82, 2.24) is 9.88 Å². The van der Waals surface area contributed by atoms with Gasteiger partial charge in [0.05, 0.1) is 19.1 Å². The van der Waals surface area contributed by atoms with E-state index in [2.05, 4.69) is 4.98 Å². The third-order valence-electron chi connectivity index (χ3n) is 4.70. The molecule has 0 bridgehead atoms. The quantitative estimate of drug-likeness (QED) is 0.907. The highest BCUT2D eigenvalue weighted by Crippen LogP contribution is 2.37. The molecule has 0 radical (unpaired) electrons. The second kappa shape index (κ2) is 6.72. The van der Waals surface area contributed by atoms with E-state index in [-0.39, 0.29) is 17.6 Å². The molecular weight excluding hydrogens is 320 g/mol. The highest BCUT2D eigenvalue weighted by Gasteiger charge is 2.30. The smallest absolute Gasteiger partial charge is 0.228 e. The van der Waals surface area contributed by atoms with E-state index in [0.717, 1.165) is 23.1 Å². The van der Waals surface area contributed by atoms with E-state index in [1.54, 1.807) is 23.4 Å². The van der Waals surface area contributed by atoms with E-state index in [9.17, 15) is 9.90 Å². The lowest BCUT2D eigenvalue weighted by Gasteiger charge is -2.23. The molecule has 4 rings (SSSR count). The third-order valence-corrected chi connectivity index (χ3v) is 4.70. The number of aromatic nitrogens is 1. The van der Waals surface area contributed by atoms with Crippen molar-refractivity contribution < 1.29 is 19.4 Å². The topological polar surface area (TPSA) is 71.9 Å². The molecule has 3 heterocycles. The molecule has 0 unspecified atom stereocenters. The fourth-order valence-electron chi connectivity index (χ4n) is 3.37. The van der Waals surface area contributed by atoms with Crippen LogP contribution in [0.4, 0.5) is 0 Å². The number of amides is 1. The second-order valence-corrected chi connectivity index (χ2v) is 6.39. The number of hydrogen-bond donors (Lipinski definition) is 1. The Morgan fingerprint density at radius 2 is 2.20 bits per heavy atom. The van der Waals surface area contributed by atoms with Crippen LogP contribution in [0.3, 0.4) is 0 Å². The van der Waals surface area contributed by atoms with E-state index < -0.39 is 0 Å². The van der Waals surface area contributed by atoms with Crippen molar-refractivity contribution in [2.24, 2.45) is 5.92 Å². The number of benzene rings is 1. The van der Waals surface area contributed by atoms with Gasteiger partial charge >= 0.3 is 0 Å². The number of phenols is 1. The lowest BCUT2D eigenvalue weighted by Crippen LogP contribution is -2.37. The number of carbonyl (C=O) groups excluding carboxylic acids is 1. The number of fused-ring (bicyclic) bond motifs is 1. The molecule has 25 heavy (non-hydrogen) atoms. The van der Waals surface area contributed by atoms with Crippen LogP contribution in [-0.4, -0.2) is 47.3 Å². The number of nitrogens with zero attached hydrogens (tertiary/aromatic N) is 2. The van der Waals surface area contributed by atoms with Crippen LogP contribution in [0, 0.1) is 5.92 Å². The first-order chi connectivity index (χ1) is 12.2. The molecule has 2 aliphatic heterocycles. The fourth-order valence-corrected chi connectivity index (χ4v) is 3.37. The summed E-state index contributed by atoms with van der Waals surface area (Å²) in [6.45, 7) is 2.43. The first-order valence-electron chi connectivity index (χ1n) is 8.48. The minimum Gasteiger partial charge on any atom is -0.504 e. The molecule has 0 spiro atoms. The summed E-state index contributed by atoms with van der Waals surface area (Å²) in [5.74, 6) is 0.581. The highest BCUT2D eigenvalue weighted by molar-refractivity contribution is 5.79. The second-order valence-electron chi connectivity index (χ2n) is 6.39. The van der Waals surface area contributed by atoms with Crippen molar-refractivity contribution in [2.45, 2.75) is 13.0 Å². The number of pyridine rings is 1. The first kappa shape index (κ1) is 15.9. The van der Waals surface area contributed by atoms with Gasteiger partial charge in [-0.15, -0.1) is 0 Å². The van der Waals surface area contributed by atoms with Crippen molar-refractivity contribution in [2.75, 3.05) is 26.4 Å². The molecule has 1 aromatic carbocycles. The molecule has 130 valence electrons. The first-order valence-corrected chi connectivity index (χ1v) is 8.48. The molecule has 2 aromatic rings. The SMILES string of the molecule is O=C([C@@H]1CCOC1)N1CCOc2c(O)cc(-c3cccnc3)cc2C1. The van der Waals surface area contributed by atoms with Crippen LogP contribution in [0.25, 0.3) is 11.1 Å². The minimum absolute atomic E-state index is 0.0725. The van der Waals surface area contributed by atoms with Gasteiger partial charge in [-0.2, -0.15) is 0 Å². The van der Waals surface area contributed by atoms with Gasteiger partial charge in [-0.25, -0.2) is 0 Å². The van der Waals surface area contributed by atoms with Gasteiger partial charge in [-0.05, 0) is 30.2 Å². The fraction of sp³-hybridized carbons (Fsp3) is 0.368. The monoisotopic (exact) mass is 340 g/mol. The van der Waals surface area contributed by atoms with Crippen LogP contribution < -0.4 is 4.74 Å². The van der Waals surface area contributed by atoms with Gasteiger partial charge in [0.1, 0.15) is 6.61 Å². The van der Waals surface area contributed by atoms with Gasteiger partial charge < -0.3 is 19.5 Å². The Morgan fingerprint density at radius 1 is 1.28 bits per heavy atom. The standard InChI is InChI=1S/C19H20N2O4/c22-17-9-15(13-2-1-4-20-10-13)8-16-11-21(5-7-25-18(16)17)19(23)14-3-6-24-12-14/h1-2,4,8-10,14,22H,3,5-7,11-12H2/t14-/m1/s1. The predicted molar refractivity (Wildman–Crippen MR) is 91.2 cm³/mol. The number of carbonyl (C=O) groups is 1. The lowest BCUT2D eigenvalue weighted by atomic mass is 10.0. The van der Waals surface area contributed by atoms with Gasteiger partial charge in [-0.1, -0.05) is 6.07 Å². The molecule has 0 aliphatic carbocycles. The van der Waals surface area contributed by atoms with E-state index in [1.165, 1.54) is 0 Å². The number of aromatic hydroxyl groups is 1. The number of ether oxygens (including phenoxy) is 2. The summed E-state index contributed by atoms with van der Waals surface area (Å²) in [7, 11) is 0. The molecule has 1 N–H and O–H groups in total. The molecule has 0 saturated carbocycles. The Labute approximate surface area is 146 Å². The molecule has 1 saturated heterocycles. The Hall–Kier alpha value is -2.60. The summed E-state index contributed by atoms with van der Waals surface area (Å²) in [6.07, 6.45) is 4.22. The Bertz CT molecular complexity index is 772. The number of hydrogen-bond acceptors (Lipinski definition) is 5. The summed E-state index contributed by atoms with van der Waals surface area (Å²) in [5.41, 5.74) is 2.57. The van der Waals surface area contributed by atoms with Crippen LogP contribution in [0.5, 0.6) is 11.5 Å². The summed E-state index contributed by atoms with van der Waals surface area (Å²) in [6, 6.07) is 7.43. The number of rotatable bonds is 2. The molecule has 6 heteroatoms. The van der Waals surface area contributed by atoms with E-state index in [0.29, 0.717) is 38.7 Å². The van der Waals surface area contributed by atoms with Crippen molar-refractivity contribution in [3.63, 3.8) is 0 Å².